The van der Waals surface area contributed by atoms with Crippen LogP contribution in [0.25, 0.3) is 11.0 Å². The Balaban J connectivity index is 1.92. The first kappa shape index (κ1) is 13.5. The van der Waals surface area contributed by atoms with Gasteiger partial charge in [-0.3, -0.25) is 9.47 Å². The first-order valence-corrected chi connectivity index (χ1v) is 6.79. The summed E-state index contributed by atoms with van der Waals surface area (Å²) >= 11 is 0. The van der Waals surface area contributed by atoms with Crippen molar-refractivity contribution in [1.29, 1.82) is 0 Å². The maximum Gasteiger partial charge on any atom is 0.320 e. The van der Waals surface area contributed by atoms with E-state index in [-0.39, 0.29) is 6.10 Å². The molecule has 1 aromatic carbocycles. The number of para-hydroxylation sites is 2. The van der Waals surface area contributed by atoms with Gasteiger partial charge in [0, 0.05) is 6.54 Å². The van der Waals surface area contributed by atoms with Crippen molar-refractivity contribution in [3.8, 4) is 0 Å². The lowest BCUT2D eigenvalue weighted by molar-refractivity contribution is 0.0518. The second-order valence-corrected chi connectivity index (χ2v) is 5.20. The number of alkyl halides is 2. The predicted molar refractivity (Wildman–Crippen MR) is 71.5 cm³/mol. The third-order valence-electron chi connectivity index (χ3n) is 3.71. The molecule has 108 valence electrons. The van der Waals surface area contributed by atoms with Crippen molar-refractivity contribution in [3.63, 3.8) is 0 Å². The standard InChI is InChI=1S/C14H17F2N3O/c15-14(16)19-12-6-2-1-5-11(12)17-13(19)9-18-7-3-4-10(20)8-18/h1-2,5-6,10,14,20H,3-4,7-9H2/t10-/m1/s1. The number of benzene rings is 1. The van der Waals surface area contributed by atoms with Gasteiger partial charge in [-0.25, -0.2) is 4.98 Å². The molecule has 1 saturated heterocycles. The molecule has 1 aliphatic heterocycles. The molecular formula is C14H17F2N3O. The quantitative estimate of drug-likeness (QED) is 0.939. The molecule has 1 atom stereocenters. The molecule has 1 N–H and O–H groups in total. The molecule has 0 aliphatic carbocycles. The van der Waals surface area contributed by atoms with E-state index in [1.807, 2.05) is 4.90 Å². The summed E-state index contributed by atoms with van der Waals surface area (Å²) in [6.45, 7) is -0.932. The van der Waals surface area contributed by atoms with Crippen molar-refractivity contribution >= 4 is 11.0 Å². The average molecular weight is 281 g/mol. The van der Waals surface area contributed by atoms with E-state index in [9.17, 15) is 13.9 Å². The van der Waals surface area contributed by atoms with Crippen LogP contribution in [0.1, 0.15) is 25.2 Å². The Kier molecular flexibility index (Phi) is 3.67. The van der Waals surface area contributed by atoms with Crippen LogP contribution in [0, 0.1) is 0 Å². The Bertz CT molecular complexity index is 599. The minimum absolute atomic E-state index is 0.343. The number of aliphatic hydroxyl groups excluding tert-OH is 1. The highest BCUT2D eigenvalue weighted by molar-refractivity contribution is 5.75. The minimum atomic E-state index is -2.60. The maximum absolute atomic E-state index is 13.3. The van der Waals surface area contributed by atoms with Crippen LogP contribution >= 0.6 is 0 Å². The summed E-state index contributed by atoms with van der Waals surface area (Å²) in [5, 5.41) is 9.66. The molecular weight excluding hydrogens is 264 g/mol. The number of imidazole rings is 1. The first-order chi connectivity index (χ1) is 9.65. The number of nitrogens with zero attached hydrogens (tertiary/aromatic N) is 3. The molecule has 3 rings (SSSR count). The molecule has 0 bridgehead atoms. The van der Waals surface area contributed by atoms with Gasteiger partial charge >= 0.3 is 6.55 Å². The number of β-amino-alcohol motifs (C(OH)–C–C–N with tert-alkyl or cyclic N) is 1. The van der Waals surface area contributed by atoms with Gasteiger partial charge in [0.15, 0.2) is 0 Å². The Hall–Kier alpha value is -1.53. The van der Waals surface area contributed by atoms with Crippen LogP contribution < -0.4 is 0 Å². The number of piperidine rings is 1. The van der Waals surface area contributed by atoms with E-state index < -0.39 is 6.55 Å². The van der Waals surface area contributed by atoms with Crippen molar-refractivity contribution in [2.45, 2.75) is 32.0 Å². The summed E-state index contributed by atoms with van der Waals surface area (Å²) in [5.74, 6) is 0.357. The van der Waals surface area contributed by atoms with Gasteiger partial charge < -0.3 is 5.11 Å². The number of fused-ring (bicyclic) bond motifs is 1. The number of hydrogen-bond acceptors (Lipinski definition) is 3. The van der Waals surface area contributed by atoms with Crippen molar-refractivity contribution in [2.75, 3.05) is 13.1 Å². The number of aliphatic hydroxyl groups is 1. The molecule has 1 aliphatic rings. The Morgan fingerprint density at radius 2 is 2.15 bits per heavy atom. The molecule has 1 fully saturated rings. The fourth-order valence-electron chi connectivity index (χ4n) is 2.80. The van der Waals surface area contributed by atoms with E-state index in [0.717, 1.165) is 24.0 Å². The molecule has 0 amide bonds. The van der Waals surface area contributed by atoms with Crippen molar-refractivity contribution in [1.82, 2.24) is 14.5 Å². The lowest BCUT2D eigenvalue weighted by atomic mass is 10.1. The van der Waals surface area contributed by atoms with Gasteiger partial charge in [-0.1, -0.05) is 12.1 Å². The van der Waals surface area contributed by atoms with Crippen LogP contribution in [0.2, 0.25) is 0 Å². The minimum Gasteiger partial charge on any atom is -0.392 e. The molecule has 4 nitrogen and oxygen atoms in total. The van der Waals surface area contributed by atoms with Crippen molar-refractivity contribution < 1.29 is 13.9 Å². The van der Waals surface area contributed by atoms with E-state index >= 15 is 0 Å². The van der Waals surface area contributed by atoms with E-state index in [1.54, 1.807) is 24.3 Å². The molecule has 2 aromatic rings. The van der Waals surface area contributed by atoms with Crippen LogP contribution in [0.15, 0.2) is 24.3 Å². The lowest BCUT2D eigenvalue weighted by Gasteiger charge is -2.29. The summed E-state index contributed by atoms with van der Waals surface area (Å²) < 4.78 is 27.5. The second kappa shape index (κ2) is 5.46. The highest BCUT2D eigenvalue weighted by atomic mass is 19.3. The van der Waals surface area contributed by atoms with E-state index in [2.05, 4.69) is 4.98 Å². The topological polar surface area (TPSA) is 41.3 Å². The Morgan fingerprint density at radius 1 is 1.35 bits per heavy atom. The van der Waals surface area contributed by atoms with Crippen LogP contribution in [0.5, 0.6) is 0 Å². The summed E-state index contributed by atoms with van der Waals surface area (Å²) in [6, 6.07) is 6.92. The van der Waals surface area contributed by atoms with Crippen LogP contribution in [0.3, 0.4) is 0 Å². The zero-order valence-corrected chi connectivity index (χ0v) is 11.0. The fraction of sp³-hybridized carbons (Fsp3) is 0.500. The number of aromatic nitrogens is 2. The fourth-order valence-corrected chi connectivity index (χ4v) is 2.80. The van der Waals surface area contributed by atoms with E-state index in [0.29, 0.717) is 29.9 Å². The summed E-state index contributed by atoms with van der Waals surface area (Å²) in [4.78, 5) is 6.29. The first-order valence-electron chi connectivity index (χ1n) is 6.79. The van der Waals surface area contributed by atoms with Crippen molar-refractivity contribution in [2.24, 2.45) is 0 Å². The smallest absolute Gasteiger partial charge is 0.320 e. The molecule has 0 radical (unpaired) electrons. The van der Waals surface area contributed by atoms with Crippen LogP contribution in [-0.2, 0) is 6.54 Å². The zero-order valence-electron chi connectivity index (χ0n) is 11.0. The summed E-state index contributed by atoms with van der Waals surface area (Å²) in [5.41, 5.74) is 1.04. The monoisotopic (exact) mass is 281 g/mol. The maximum atomic E-state index is 13.3. The van der Waals surface area contributed by atoms with Gasteiger partial charge in [-0.15, -0.1) is 0 Å². The molecule has 0 spiro atoms. The number of hydrogen-bond donors (Lipinski definition) is 1. The number of halogens is 2. The van der Waals surface area contributed by atoms with Gasteiger partial charge in [-0.2, -0.15) is 8.78 Å². The van der Waals surface area contributed by atoms with Gasteiger partial charge in [0.1, 0.15) is 5.82 Å². The molecule has 0 unspecified atom stereocenters. The van der Waals surface area contributed by atoms with E-state index in [4.69, 9.17) is 0 Å². The van der Waals surface area contributed by atoms with Gasteiger partial charge in [0.05, 0.1) is 23.7 Å². The molecule has 20 heavy (non-hydrogen) atoms. The van der Waals surface area contributed by atoms with Gasteiger partial charge in [-0.05, 0) is 31.5 Å². The average Bonchev–Trinajstić information content (AvgIpc) is 2.76. The highest BCUT2D eigenvalue weighted by Crippen LogP contribution is 2.24. The predicted octanol–water partition coefficient (Wildman–Crippen LogP) is 2.39. The largest absolute Gasteiger partial charge is 0.392 e. The third-order valence-corrected chi connectivity index (χ3v) is 3.71. The number of likely N-dealkylation sites (tertiary alicyclic amines) is 1. The Labute approximate surface area is 115 Å². The summed E-state index contributed by atoms with van der Waals surface area (Å²) in [7, 11) is 0. The van der Waals surface area contributed by atoms with Gasteiger partial charge in [0.25, 0.3) is 0 Å². The normalized spacial score (nSPS) is 20.9. The highest BCUT2D eigenvalue weighted by Gasteiger charge is 2.22. The van der Waals surface area contributed by atoms with Crippen LogP contribution in [-0.4, -0.2) is 38.8 Å². The molecule has 1 aromatic heterocycles. The molecule has 6 heteroatoms. The number of rotatable bonds is 3. The van der Waals surface area contributed by atoms with E-state index in [1.165, 1.54) is 0 Å². The third kappa shape index (κ3) is 2.53. The zero-order chi connectivity index (χ0) is 14.1. The lowest BCUT2D eigenvalue weighted by Crippen LogP contribution is -2.38. The summed E-state index contributed by atoms with van der Waals surface area (Å²) in [6.07, 6.45) is 1.30. The molecule has 0 saturated carbocycles. The second-order valence-electron chi connectivity index (χ2n) is 5.20. The van der Waals surface area contributed by atoms with Crippen molar-refractivity contribution in [3.05, 3.63) is 30.1 Å². The van der Waals surface area contributed by atoms with Crippen LogP contribution in [0.4, 0.5) is 8.78 Å². The molecule has 2 heterocycles. The SMILES string of the molecule is O[C@@H]1CCCN(Cc2nc3ccccc3n2C(F)F)C1. The van der Waals surface area contributed by atoms with Gasteiger partial charge in [0.2, 0.25) is 0 Å². The Morgan fingerprint density at radius 3 is 2.90 bits per heavy atom.